The van der Waals surface area contributed by atoms with Gasteiger partial charge < -0.3 is 10.1 Å². The monoisotopic (exact) mass is 342 g/mol. The molecule has 24 heavy (non-hydrogen) atoms. The van der Waals surface area contributed by atoms with Crippen molar-refractivity contribution in [2.45, 2.75) is 25.3 Å². The molecule has 1 saturated heterocycles. The highest BCUT2D eigenvalue weighted by molar-refractivity contribution is 7.10. The van der Waals surface area contributed by atoms with Gasteiger partial charge in [0, 0.05) is 23.4 Å². The lowest BCUT2D eigenvalue weighted by Gasteiger charge is -2.27. The maximum Gasteiger partial charge on any atom is 0.251 e. The molecule has 126 valence electrons. The number of benzene rings is 1. The van der Waals surface area contributed by atoms with Crippen molar-refractivity contribution in [1.29, 1.82) is 0 Å². The molecule has 2 aliphatic rings. The number of ether oxygens (including phenoxy) is 1. The Morgan fingerprint density at radius 3 is 2.96 bits per heavy atom. The molecule has 1 atom stereocenters. The van der Waals surface area contributed by atoms with Crippen molar-refractivity contribution in [3.63, 3.8) is 0 Å². The fourth-order valence-electron chi connectivity index (χ4n) is 3.56. The predicted molar refractivity (Wildman–Crippen MR) is 95.8 cm³/mol. The van der Waals surface area contributed by atoms with Crippen LogP contribution >= 0.6 is 11.3 Å². The first-order valence-corrected chi connectivity index (χ1v) is 9.50. The molecule has 0 saturated carbocycles. The van der Waals surface area contributed by atoms with E-state index in [-0.39, 0.29) is 11.9 Å². The summed E-state index contributed by atoms with van der Waals surface area (Å²) in [5.41, 5.74) is 1.86. The molecule has 0 bridgehead atoms. The summed E-state index contributed by atoms with van der Waals surface area (Å²) < 4.78 is 5.51. The highest BCUT2D eigenvalue weighted by atomic mass is 32.1. The van der Waals surface area contributed by atoms with Gasteiger partial charge in [-0.1, -0.05) is 6.07 Å². The van der Waals surface area contributed by atoms with Crippen LogP contribution in [0.5, 0.6) is 5.75 Å². The quantitative estimate of drug-likeness (QED) is 0.907. The molecule has 1 unspecified atom stereocenters. The fraction of sp³-hybridized carbons (Fsp3) is 0.421. The smallest absolute Gasteiger partial charge is 0.251 e. The average Bonchev–Trinajstić information content (AvgIpc) is 3.36. The Hall–Kier alpha value is -1.85. The second-order valence-electron chi connectivity index (χ2n) is 6.41. The minimum Gasteiger partial charge on any atom is -0.493 e. The maximum atomic E-state index is 12.6. The topological polar surface area (TPSA) is 41.6 Å². The molecule has 5 heteroatoms. The van der Waals surface area contributed by atoms with Crippen molar-refractivity contribution < 1.29 is 9.53 Å². The molecule has 1 amide bonds. The van der Waals surface area contributed by atoms with Gasteiger partial charge in [0.2, 0.25) is 0 Å². The third-order valence-electron chi connectivity index (χ3n) is 4.86. The Morgan fingerprint density at radius 2 is 2.17 bits per heavy atom. The van der Waals surface area contributed by atoms with Crippen molar-refractivity contribution in [3.8, 4) is 5.75 Å². The van der Waals surface area contributed by atoms with Gasteiger partial charge in [-0.25, -0.2) is 0 Å². The molecule has 0 spiro atoms. The summed E-state index contributed by atoms with van der Waals surface area (Å²) >= 11 is 1.77. The van der Waals surface area contributed by atoms with Crippen molar-refractivity contribution in [1.82, 2.24) is 10.2 Å². The number of rotatable bonds is 5. The van der Waals surface area contributed by atoms with Crippen LogP contribution in [0.1, 0.15) is 39.7 Å². The first kappa shape index (κ1) is 15.7. The zero-order valence-electron chi connectivity index (χ0n) is 13.7. The zero-order valence-corrected chi connectivity index (χ0v) is 14.5. The highest BCUT2D eigenvalue weighted by Crippen LogP contribution is 2.28. The van der Waals surface area contributed by atoms with E-state index < -0.39 is 0 Å². The highest BCUT2D eigenvalue weighted by Gasteiger charge is 2.25. The Morgan fingerprint density at radius 1 is 1.29 bits per heavy atom. The van der Waals surface area contributed by atoms with E-state index in [1.165, 1.54) is 17.7 Å². The number of nitrogens with zero attached hydrogens (tertiary/aromatic N) is 1. The summed E-state index contributed by atoms with van der Waals surface area (Å²) in [5.74, 6) is 0.922. The number of carbonyl (C=O) groups is 1. The molecule has 1 N–H and O–H groups in total. The summed E-state index contributed by atoms with van der Waals surface area (Å²) in [5, 5.41) is 5.25. The van der Waals surface area contributed by atoms with Gasteiger partial charge in [-0.15, -0.1) is 11.3 Å². The average molecular weight is 342 g/mol. The molecule has 4 nitrogen and oxygen atoms in total. The minimum absolute atomic E-state index is 0.00505. The molecule has 4 rings (SSSR count). The van der Waals surface area contributed by atoms with Crippen LogP contribution in [0, 0.1) is 0 Å². The van der Waals surface area contributed by atoms with Crippen molar-refractivity contribution >= 4 is 17.2 Å². The number of likely N-dealkylation sites (tertiary alicyclic amines) is 1. The van der Waals surface area contributed by atoms with Crippen LogP contribution in [0.3, 0.4) is 0 Å². The molecule has 1 aromatic heterocycles. The van der Waals surface area contributed by atoms with Crippen LogP contribution < -0.4 is 10.1 Å². The second kappa shape index (κ2) is 6.95. The molecule has 2 aromatic rings. The summed E-state index contributed by atoms with van der Waals surface area (Å²) in [7, 11) is 0. The summed E-state index contributed by atoms with van der Waals surface area (Å²) in [6, 6.07) is 10.3. The number of fused-ring (bicyclic) bond motifs is 1. The maximum absolute atomic E-state index is 12.6. The van der Waals surface area contributed by atoms with Crippen molar-refractivity contribution in [2.24, 2.45) is 0 Å². The van der Waals surface area contributed by atoms with Gasteiger partial charge in [-0.05, 0) is 61.1 Å². The lowest BCUT2D eigenvalue weighted by molar-refractivity contribution is 0.0938. The van der Waals surface area contributed by atoms with Gasteiger partial charge in [0.25, 0.3) is 5.91 Å². The second-order valence-corrected chi connectivity index (χ2v) is 7.38. The van der Waals surface area contributed by atoms with E-state index in [4.69, 9.17) is 4.74 Å². The lowest BCUT2D eigenvalue weighted by Crippen LogP contribution is -2.36. The lowest BCUT2D eigenvalue weighted by atomic mass is 10.1. The zero-order chi connectivity index (χ0) is 16.4. The van der Waals surface area contributed by atoms with Crippen LogP contribution in [0.15, 0.2) is 35.7 Å². The SMILES string of the molecule is O=C(NCC(c1cccs1)N1CCCC1)c1ccc2c(c1)CCO2. The largest absolute Gasteiger partial charge is 0.493 e. The van der Waals surface area contributed by atoms with Gasteiger partial charge in [-0.3, -0.25) is 9.69 Å². The van der Waals surface area contributed by atoms with Gasteiger partial charge >= 0.3 is 0 Å². The standard InChI is InChI=1S/C19H22N2O2S/c22-19(15-5-6-17-14(12-15)7-10-23-17)20-13-16(18-4-3-11-24-18)21-8-1-2-9-21/h3-6,11-12,16H,1-2,7-10,13H2,(H,20,22). The Kier molecular flexibility index (Phi) is 4.54. The number of hydrogen-bond acceptors (Lipinski definition) is 4. The van der Waals surface area contributed by atoms with Gasteiger partial charge in [-0.2, -0.15) is 0 Å². The van der Waals surface area contributed by atoms with E-state index >= 15 is 0 Å². The van der Waals surface area contributed by atoms with Crippen LogP contribution in [-0.4, -0.2) is 37.0 Å². The number of amides is 1. The first-order chi connectivity index (χ1) is 11.8. The Bertz CT molecular complexity index is 708. The van der Waals surface area contributed by atoms with E-state index in [0.717, 1.165) is 43.0 Å². The van der Waals surface area contributed by atoms with Crippen LogP contribution in [0.4, 0.5) is 0 Å². The molecule has 0 radical (unpaired) electrons. The van der Waals surface area contributed by atoms with Crippen LogP contribution in [0.2, 0.25) is 0 Å². The van der Waals surface area contributed by atoms with Crippen molar-refractivity contribution in [2.75, 3.05) is 26.2 Å². The Balaban J connectivity index is 1.44. The number of nitrogens with one attached hydrogen (secondary N) is 1. The third-order valence-corrected chi connectivity index (χ3v) is 5.83. The number of hydrogen-bond donors (Lipinski definition) is 1. The molecule has 1 aromatic carbocycles. The first-order valence-electron chi connectivity index (χ1n) is 8.62. The fourth-order valence-corrected chi connectivity index (χ4v) is 4.42. The third kappa shape index (κ3) is 3.19. The summed E-state index contributed by atoms with van der Waals surface area (Å²) in [6.07, 6.45) is 3.39. The van der Waals surface area contributed by atoms with Crippen LogP contribution in [0.25, 0.3) is 0 Å². The van der Waals surface area contributed by atoms with E-state index in [2.05, 4.69) is 27.7 Å². The molecule has 2 aliphatic heterocycles. The molecule has 0 aliphatic carbocycles. The van der Waals surface area contributed by atoms with E-state index in [1.807, 2.05) is 18.2 Å². The van der Waals surface area contributed by atoms with E-state index in [9.17, 15) is 4.79 Å². The van der Waals surface area contributed by atoms with E-state index in [0.29, 0.717) is 6.54 Å². The predicted octanol–water partition coefficient (Wildman–Crippen LogP) is 3.25. The Labute approximate surface area is 146 Å². The van der Waals surface area contributed by atoms with Crippen LogP contribution in [-0.2, 0) is 6.42 Å². The van der Waals surface area contributed by atoms with E-state index in [1.54, 1.807) is 11.3 Å². The molecule has 1 fully saturated rings. The molecule has 3 heterocycles. The minimum atomic E-state index is 0.00505. The number of thiophene rings is 1. The van der Waals surface area contributed by atoms with Gasteiger partial charge in [0.05, 0.1) is 12.6 Å². The van der Waals surface area contributed by atoms with Gasteiger partial charge in [0.15, 0.2) is 0 Å². The molecular formula is C19H22N2O2S. The molecular weight excluding hydrogens is 320 g/mol. The summed E-state index contributed by atoms with van der Waals surface area (Å²) in [4.78, 5) is 16.4. The van der Waals surface area contributed by atoms with Crippen molar-refractivity contribution in [3.05, 3.63) is 51.7 Å². The summed E-state index contributed by atoms with van der Waals surface area (Å²) in [6.45, 7) is 3.62. The van der Waals surface area contributed by atoms with Gasteiger partial charge in [0.1, 0.15) is 5.75 Å². The normalized spacial score (nSPS) is 18.2. The number of carbonyl (C=O) groups excluding carboxylic acids is 1.